The predicted molar refractivity (Wildman–Crippen MR) is 86.0 cm³/mol. The number of rotatable bonds is 5. The lowest BCUT2D eigenvalue weighted by Crippen LogP contribution is -2.16. The van der Waals surface area contributed by atoms with Gasteiger partial charge in [-0.25, -0.2) is 17.5 Å². The normalized spacial score (nSPS) is 10.5. The Morgan fingerprint density at radius 1 is 1.36 bits per heavy atom. The molecule has 0 amide bonds. The number of anilines is 2. The minimum atomic E-state index is -3.04. The zero-order chi connectivity index (χ0) is 16.3. The van der Waals surface area contributed by atoms with Gasteiger partial charge in [-0.05, 0) is 18.2 Å². The first-order chi connectivity index (χ1) is 10.5. The van der Waals surface area contributed by atoms with Crippen LogP contribution in [0.4, 0.5) is 11.5 Å². The minimum absolute atomic E-state index is 0.0876. The van der Waals surface area contributed by atoms with Crippen molar-refractivity contribution in [1.29, 1.82) is 0 Å². The number of benzene rings is 1. The van der Waals surface area contributed by atoms with Crippen LogP contribution in [0, 0.1) is 3.90 Å². The van der Waals surface area contributed by atoms with Crippen LogP contribution in [0.25, 0.3) is 0 Å². The molecule has 1 heterocycles. The van der Waals surface area contributed by atoms with Crippen molar-refractivity contribution in [3.8, 4) is 5.75 Å². The average molecular weight is 438 g/mol. The second-order valence-electron chi connectivity index (χ2n) is 3.89. The van der Waals surface area contributed by atoms with Crippen LogP contribution in [-0.2, 0) is 15.6 Å². The van der Waals surface area contributed by atoms with Crippen LogP contribution >= 0.6 is 22.6 Å². The molecule has 2 rings (SSSR count). The first-order valence-corrected chi connectivity index (χ1v) is 8.00. The minimum Gasteiger partial charge on any atom is -0.495 e. The van der Waals surface area contributed by atoms with Gasteiger partial charge in [-0.15, -0.1) is 0 Å². The fourth-order valence-electron chi connectivity index (χ4n) is 1.73. The Balaban J connectivity index is 2.55. The second kappa shape index (κ2) is 6.96. The number of esters is 1. The Hall–Kier alpha value is -1.82. The molecule has 0 saturated carbocycles. The van der Waals surface area contributed by atoms with E-state index in [1.165, 1.54) is 38.7 Å². The van der Waals surface area contributed by atoms with Gasteiger partial charge in [0.1, 0.15) is 17.7 Å². The van der Waals surface area contributed by atoms with E-state index in [1.54, 1.807) is 0 Å². The van der Waals surface area contributed by atoms with Gasteiger partial charge < -0.3 is 13.9 Å². The van der Waals surface area contributed by atoms with Gasteiger partial charge in [0.25, 0.3) is 3.90 Å². The van der Waals surface area contributed by atoms with Crippen LogP contribution in [0.5, 0.6) is 5.75 Å². The lowest BCUT2D eigenvalue weighted by atomic mass is 10.2. The molecule has 0 fully saturated rings. The van der Waals surface area contributed by atoms with Gasteiger partial charge in [-0.3, -0.25) is 0 Å². The number of hydrogen-bond acceptors (Lipinski definition) is 7. The zero-order valence-corrected chi connectivity index (χ0v) is 14.5. The number of methoxy groups -OCH3 is 2. The summed E-state index contributed by atoms with van der Waals surface area (Å²) in [6.45, 7) is 0. The van der Waals surface area contributed by atoms with Gasteiger partial charge in [0.15, 0.2) is 5.82 Å². The Morgan fingerprint density at radius 2 is 2.09 bits per heavy atom. The quantitative estimate of drug-likeness (QED) is 0.432. The monoisotopic (exact) mass is 438 g/mol. The third-order valence-electron chi connectivity index (χ3n) is 2.67. The van der Waals surface area contributed by atoms with E-state index < -0.39 is 16.9 Å². The van der Waals surface area contributed by atoms with E-state index in [0.717, 1.165) is 4.31 Å². The topological polar surface area (TPSA) is 98.9 Å². The largest absolute Gasteiger partial charge is 0.495 e. The molecule has 0 N–H and O–H groups in total. The van der Waals surface area contributed by atoms with Gasteiger partial charge in [0.05, 0.1) is 19.8 Å². The highest BCUT2D eigenvalue weighted by atomic mass is 127. The highest BCUT2D eigenvalue weighted by molar-refractivity contribution is 14.1. The highest BCUT2D eigenvalue weighted by Gasteiger charge is 2.21. The standard InChI is InChI=1S/C12H11IN2O6S/c1-19-9-5-7(11(16)20-2)3-4-8(9)15(22(17)18)10-6-21-12(13)14-10/h3-6,22H,1-2H3. The molecule has 0 spiro atoms. The SMILES string of the molecule is COC(=O)c1ccc(N(c2coc(I)n2)[SH](=O)=O)c(OC)c1. The highest BCUT2D eigenvalue weighted by Crippen LogP contribution is 2.34. The maximum Gasteiger partial charge on any atom is 0.337 e. The van der Waals surface area contributed by atoms with Crippen molar-refractivity contribution in [2.45, 2.75) is 0 Å². The molecule has 0 unspecified atom stereocenters. The number of oxazole rings is 1. The summed E-state index contributed by atoms with van der Waals surface area (Å²) in [6, 6.07) is 4.25. The van der Waals surface area contributed by atoms with Gasteiger partial charge in [-0.1, -0.05) is 0 Å². The molecule has 0 saturated heterocycles. The molecular weight excluding hydrogens is 427 g/mol. The van der Waals surface area contributed by atoms with Gasteiger partial charge in [0.2, 0.25) is 10.9 Å². The van der Waals surface area contributed by atoms with Gasteiger partial charge in [-0.2, -0.15) is 4.98 Å². The van der Waals surface area contributed by atoms with E-state index in [2.05, 4.69) is 9.72 Å². The van der Waals surface area contributed by atoms with Crippen LogP contribution in [0.15, 0.2) is 28.9 Å². The van der Waals surface area contributed by atoms with Crippen LogP contribution in [0.2, 0.25) is 0 Å². The molecule has 2 aromatic rings. The van der Waals surface area contributed by atoms with E-state index in [1.807, 2.05) is 22.6 Å². The molecular formula is C12H11IN2O6S. The number of ether oxygens (including phenoxy) is 2. The Morgan fingerprint density at radius 3 is 2.59 bits per heavy atom. The molecule has 0 radical (unpaired) electrons. The Bertz CT molecular complexity index is 765. The number of carbonyl (C=O) groups is 1. The first-order valence-electron chi connectivity index (χ1n) is 5.79. The fourth-order valence-corrected chi connectivity index (χ4v) is 2.71. The summed E-state index contributed by atoms with van der Waals surface area (Å²) in [4.78, 5) is 15.5. The molecule has 0 aliphatic heterocycles. The van der Waals surface area contributed by atoms with Gasteiger partial charge >= 0.3 is 5.97 Å². The first kappa shape index (κ1) is 16.5. The molecule has 8 nitrogen and oxygen atoms in total. The molecule has 1 aromatic carbocycles. The fraction of sp³-hybridized carbons (Fsp3) is 0.167. The molecule has 0 aliphatic rings. The molecule has 0 bridgehead atoms. The Kier molecular flexibility index (Phi) is 5.24. The van der Waals surface area contributed by atoms with Crippen LogP contribution < -0.4 is 9.04 Å². The van der Waals surface area contributed by atoms with Crippen molar-refractivity contribution in [2.75, 3.05) is 18.5 Å². The summed E-state index contributed by atoms with van der Waals surface area (Å²) in [5.41, 5.74) is 0.440. The number of carbonyl (C=O) groups excluding carboxylic acids is 1. The van der Waals surface area contributed by atoms with E-state index in [-0.39, 0.29) is 22.8 Å². The smallest absolute Gasteiger partial charge is 0.337 e. The third-order valence-corrected chi connectivity index (χ3v) is 3.92. The number of aromatic nitrogens is 1. The van der Waals surface area contributed by atoms with Crippen molar-refractivity contribution >= 4 is 51.0 Å². The van der Waals surface area contributed by atoms with E-state index in [0.29, 0.717) is 3.90 Å². The number of halogens is 1. The van der Waals surface area contributed by atoms with Gasteiger partial charge in [0, 0.05) is 22.6 Å². The van der Waals surface area contributed by atoms with E-state index in [4.69, 9.17) is 9.15 Å². The maximum atomic E-state index is 11.6. The van der Waals surface area contributed by atoms with Crippen molar-refractivity contribution in [3.63, 3.8) is 0 Å². The van der Waals surface area contributed by atoms with Crippen molar-refractivity contribution in [3.05, 3.63) is 33.9 Å². The summed E-state index contributed by atoms with van der Waals surface area (Å²) < 4.78 is 39.2. The lowest BCUT2D eigenvalue weighted by molar-refractivity contribution is 0.0600. The van der Waals surface area contributed by atoms with Crippen LogP contribution in [0.1, 0.15) is 10.4 Å². The molecule has 0 aliphatic carbocycles. The zero-order valence-electron chi connectivity index (χ0n) is 11.5. The van der Waals surface area contributed by atoms with Crippen molar-refractivity contribution in [2.24, 2.45) is 0 Å². The molecule has 0 atom stereocenters. The molecule has 1 aromatic heterocycles. The Labute approximate surface area is 141 Å². The number of thiol groups is 1. The van der Waals surface area contributed by atoms with Crippen LogP contribution in [-0.4, -0.2) is 33.6 Å². The average Bonchev–Trinajstić information content (AvgIpc) is 2.92. The summed E-state index contributed by atoms with van der Waals surface area (Å²) in [5, 5.41) is 0. The summed E-state index contributed by atoms with van der Waals surface area (Å²) in [5.74, 6) is -0.288. The molecule has 10 heteroatoms. The van der Waals surface area contributed by atoms with E-state index >= 15 is 0 Å². The summed E-state index contributed by atoms with van der Waals surface area (Å²) in [6.07, 6.45) is 1.21. The maximum absolute atomic E-state index is 11.6. The number of hydrogen-bond donors (Lipinski definition) is 1. The summed E-state index contributed by atoms with van der Waals surface area (Å²) >= 11 is 1.82. The molecule has 22 heavy (non-hydrogen) atoms. The van der Waals surface area contributed by atoms with Crippen molar-refractivity contribution in [1.82, 2.24) is 4.98 Å². The molecule has 118 valence electrons. The second-order valence-corrected chi connectivity index (χ2v) is 5.69. The number of nitrogens with zero attached hydrogens (tertiary/aromatic N) is 2. The third kappa shape index (κ3) is 3.32. The predicted octanol–water partition coefficient (Wildman–Crippen LogP) is 1.74. The lowest BCUT2D eigenvalue weighted by Gasteiger charge is -2.17. The summed E-state index contributed by atoms with van der Waals surface area (Å²) in [7, 11) is -0.428. The van der Waals surface area contributed by atoms with Crippen LogP contribution in [0.3, 0.4) is 0 Å². The van der Waals surface area contributed by atoms with E-state index in [9.17, 15) is 13.2 Å². The van der Waals surface area contributed by atoms with Crippen molar-refractivity contribution < 1.29 is 27.1 Å².